The molecule has 154 valence electrons. The van der Waals surface area contributed by atoms with Gasteiger partial charge in [-0.05, 0) is 48.4 Å². The van der Waals surface area contributed by atoms with E-state index in [9.17, 15) is 13.5 Å². The van der Waals surface area contributed by atoms with Crippen LogP contribution in [0.4, 0.5) is 0 Å². The summed E-state index contributed by atoms with van der Waals surface area (Å²) in [5.41, 5.74) is 0.775. The molecule has 0 fully saturated rings. The Labute approximate surface area is 170 Å². The number of hydrogen-bond acceptors (Lipinski definition) is 3. The minimum atomic E-state index is -3.61. The van der Waals surface area contributed by atoms with Crippen LogP contribution in [-0.2, 0) is 21.0 Å². The van der Waals surface area contributed by atoms with Crippen LogP contribution >= 0.6 is 0 Å². The summed E-state index contributed by atoms with van der Waals surface area (Å²) >= 11 is 0. The number of sulfonamides is 1. The van der Waals surface area contributed by atoms with Gasteiger partial charge in [-0.25, -0.2) is 8.42 Å². The molecule has 0 heterocycles. The number of benzene rings is 2. The number of nitrogens with zero attached hydrogens (tertiary/aromatic N) is 1. The highest BCUT2D eigenvalue weighted by molar-refractivity contribution is 7.89. The Balaban J connectivity index is 2.22. The zero-order valence-corrected chi connectivity index (χ0v) is 18.5. The molecule has 0 aliphatic rings. The van der Waals surface area contributed by atoms with Crippen LogP contribution in [0, 0.1) is 0 Å². The van der Waals surface area contributed by atoms with Crippen molar-refractivity contribution in [3.8, 4) is 0 Å². The lowest BCUT2D eigenvalue weighted by atomic mass is 9.87. The third kappa shape index (κ3) is 5.43. The maximum absolute atomic E-state index is 13.2. The molecule has 0 aromatic heterocycles. The maximum Gasteiger partial charge on any atom is 0.243 e. The molecule has 5 heteroatoms. The first kappa shape index (κ1) is 22.6. The highest BCUT2D eigenvalue weighted by Gasteiger charge is 2.29. The predicted octanol–water partition coefficient (Wildman–Crippen LogP) is 4.68. The van der Waals surface area contributed by atoms with E-state index in [-0.39, 0.29) is 12.0 Å². The van der Waals surface area contributed by atoms with Crippen LogP contribution < -0.4 is 0 Å². The Morgan fingerprint density at radius 3 is 1.93 bits per heavy atom. The van der Waals surface area contributed by atoms with E-state index < -0.39 is 15.6 Å². The Kier molecular flexibility index (Phi) is 7.07. The predicted molar refractivity (Wildman–Crippen MR) is 115 cm³/mol. The Hall–Kier alpha value is -1.69. The summed E-state index contributed by atoms with van der Waals surface area (Å²) in [4.78, 5) is 0.299. The van der Waals surface area contributed by atoms with Crippen LogP contribution in [0.25, 0.3) is 0 Å². The van der Waals surface area contributed by atoms with Crippen molar-refractivity contribution in [3.63, 3.8) is 0 Å². The van der Waals surface area contributed by atoms with Crippen LogP contribution in [-0.4, -0.2) is 30.9 Å². The van der Waals surface area contributed by atoms with Gasteiger partial charge in [0.2, 0.25) is 10.0 Å². The summed E-state index contributed by atoms with van der Waals surface area (Å²) in [6.07, 6.45) is 1.04. The second-order valence-corrected chi connectivity index (χ2v) is 10.5. The van der Waals surface area contributed by atoms with Crippen molar-refractivity contribution in [2.45, 2.75) is 63.4 Å². The SMILES string of the molecule is CCCN(CCC(C)(O)c1ccccc1)S(=O)(=O)c1ccc(C(C)(C)C)cc1. The average Bonchev–Trinajstić information content (AvgIpc) is 2.65. The highest BCUT2D eigenvalue weighted by Crippen LogP contribution is 2.27. The van der Waals surface area contributed by atoms with E-state index in [1.165, 1.54) is 4.31 Å². The van der Waals surface area contributed by atoms with Crippen molar-refractivity contribution in [2.75, 3.05) is 13.1 Å². The van der Waals surface area contributed by atoms with Gasteiger partial charge in [0, 0.05) is 13.1 Å². The molecule has 2 aromatic carbocycles. The van der Waals surface area contributed by atoms with Crippen molar-refractivity contribution in [1.82, 2.24) is 4.31 Å². The Morgan fingerprint density at radius 2 is 1.43 bits per heavy atom. The molecular formula is C23H33NO3S. The van der Waals surface area contributed by atoms with Crippen molar-refractivity contribution in [3.05, 3.63) is 65.7 Å². The van der Waals surface area contributed by atoms with Crippen LogP contribution in [0.15, 0.2) is 59.5 Å². The van der Waals surface area contributed by atoms with Gasteiger partial charge in [-0.15, -0.1) is 0 Å². The number of aliphatic hydroxyl groups is 1. The van der Waals surface area contributed by atoms with Gasteiger partial charge >= 0.3 is 0 Å². The molecule has 1 atom stereocenters. The highest BCUT2D eigenvalue weighted by atomic mass is 32.2. The fourth-order valence-electron chi connectivity index (χ4n) is 3.16. The van der Waals surface area contributed by atoms with E-state index >= 15 is 0 Å². The average molecular weight is 404 g/mol. The lowest BCUT2D eigenvalue weighted by Gasteiger charge is -2.28. The molecule has 0 saturated heterocycles. The first-order valence-corrected chi connectivity index (χ1v) is 11.3. The summed E-state index contributed by atoms with van der Waals surface area (Å²) in [5, 5.41) is 10.8. The quantitative estimate of drug-likeness (QED) is 0.696. The van der Waals surface area contributed by atoms with E-state index in [1.54, 1.807) is 19.1 Å². The summed E-state index contributed by atoms with van der Waals surface area (Å²) in [5.74, 6) is 0. The van der Waals surface area contributed by atoms with Gasteiger partial charge < -0.3 is 5.11 Å². The van der Waals surface area contributed by atoms with Crippen LogP contribution in [0.5, 0.6) is 0 Å². The fourth-order valence-corrected chi connectivity index (χ4v) is 4.69. The second-order valence-electron chi connectivity index (χ2n) is 8.57. The van der Waals surface area contributed by atoms with Gasteiger partial charge in [0.05, 0.1) is 10.5 Å². The summed E-state index contributed by atoms with van der Waals surface area (Å²) in [6, 6.07) is 16.5. The van der Waals surface area contributed by atoms with Gasteiger partial charge in [-0.1, -0.05) is 70.2 Å². The molecule has 0 spiro atoms. The molecule has 1 N–H and O–H groups in total. The van der Waals surface area contributed by atoms with E-state index in [2.05, 4.69) is 20.8 Å². The van der Waals surface area contributed by atoms with Crippen molar-refractivity contribution >= 4 is 10.0 Å². The Morgan fingerprint density at radius 1 is 0.857 bits per heavy atom. The molecule has 0 amide bonds. The molecule has 1 unspecified atom stereocenters. The molecular weight excluding hydrogens is 370 g/mol. The van der Waals surface area contributed by atoms with Gasteiger partial charge in [0.1, 0.15) is 0 Å². The zero-order valence-electron chi connectivity index (χ0n) is 17.6. The maximum atomic E-state index is 13.2. The normalized spacial score (nSPS) is 14.8. The first-order chi connectivity index (χ1) is 13.0. The smallest absolute Gasteiger partial charge is 0.243 e. The van der Waals surface area contributed by atoms with Crippen molar-refractivity contribution < 1.29 is 13.5 Å². The third-order valence-corrected chi connectivity index (χ3v) is 6.99. The molecule has 2 rings (SSSR count). The molecule has 4 nitrogen and oxygen atoms in total. The molecule has 0 aliphatic carbocycles. The molecule has 0 radical (unpaired) electrons. The van der Waals surface area contributed by atoms with Crippen LogP contribution in [0.1, 0.15) is 58.6 Å². The number of rotatable bonds is 8. The van der Waals surface area contributed by atoms with E-state index in [1.807, 2.05) is 49.4 Å². The molecule has 2 aromatic rings. The second kappa shape index (κ2) is 8.76. The van der Waals surface area contributed by atoms with E-state index in [0.717, 1.165) is 11.1 Å². The lowest BCUT2D eigenvalue weighted by Crippen LogP contribution is -2.36. The minimum Gasteiger partial charge on any atom is -0.385 e. The van der Waals surface area contributed by atoms with Gasteiger partial charge in [0.25, 0.3) is 0 Å². The topological polar surface area (TPSA) is 57.6 Å². The first-order valence-electron chi connectivity index (χ1n) is 9.87. The van der Waals surface area contributed by atoms with Crippen LogP contribution in [0.2, 0.25) is 0 Å². The minimum absolute atomic E-state index is 0.0280. The van der Waals surface area contributed by atoms with Crippen LogP contribution in [0.3, 0.4) is 0 Å². The third-order valence-electron chi connectivity index (χ3n) is 5.07. The monoisotopic (exact) mass is 403 g/mol. The lowest BCUT2D eigenvalue weighted by molar-refractivity contribution is 0.0428. The van der Waals surface area contributed by atoms with Crippen molar-refractivity contribution in [2.24, 2.45) is 0 Å². The Bertz CT molecular complexity index is 851. The molecule has 28 heavy (non-hydrogen) atoms. The van der Waals surface area contributed by atoms with Gasteiger partial charge in [0.15, 0.2) is 0 Å². The zero-order chi connectivity index (χ0) is 21.0. The fraction of sp³-hybridized carbons (Fsp3) is 0.478. The van der Waals surface area contributed by atoms with Crippen molar-refractivity contribution in [1.29, 1.82) is 0 Å². The molecule has 0 bridgehead atoms. The van der Waals surface area contributed by atoms with E-state index in [0.29, 0.717) is 24.3 Å². The summed E-state index contributed by atoms with van der Waals surface area (Å²) in [6.45, 7) is 10.7. The van der Waals surface area contributed by atoms with Gasteiger partial charge in [-0.2, -0.15) is 4.31 Å². The van der Waals surface area contributed by atoms with Gasteiger partial charge in [-0.3, -0.25) is 0 Å². The molecule has 0 saturated carbocycles. The van der Waals surface area contributed by atoms with E-state index in [4.69, 9.17) is 0 Å². The molecule has 0 aliphatic heterocycles. The standard InChI is InChI=1S/C23H33NO3S/c1-6-17-24(18-16-23(5,25)20-10-8-7-9-11-20)28(26,27)21-14-12-19(13-15-21)22(2,3)4/h7-15,25H,6,16-18H2,1-5H3. The summed E-state index contributed by atoms with van der Waals surface area (Å²) in [7, 11) is -3.61. The largest absolute Gasteiger partial charge is 0.385 e. The summed E-state index contributed by atoms with van der Waals surface area (Å²) < 4.78 is 27.8. The number of hydrogen-bond donors (Lipinski definition) is 1.